The Balaban J connectivity index is 1.42. The molecule has 1 saturated carbocycles. The molecule has 0 spiro atoms. The molecule has 1 atom stereocenters. The molecule has 2 N–H and O–H groups in total. The monoisotopic (exact) mass is 481 g/mol. The zero-order valence-corrected chi connectivity index (χ0v) is 18.4. The van der Waals surface area contributed by atoms with E-state index >= 15 is 0 Å². The van der Waals surface area contributed by atoms with Crippen molar-refractivity contribution >= 4 is 11.6 Å². The number of carbonyl (C=O) groups is 1. The first-order chi connectivity index (χ1) is 16.8. The van der Waals surface area contributed by atoms with E-state index < -0.39 is 29.5 Å². The van der Waals surface area contributed by atoms with Gasteiger partial charge in [0, 0.05) is 23.2 Å². The van der Waals surface area contributed by atoms with Crippen LogP contribution >= 0.6 is 0 Å². The summed E-state index contributed by atoms with van der Waals surface area (Å²) < 4.78 is 31.7. The van der Waals surface area contributed by atoms with Gasteiger partial charge in [0.05, 0.1) is 18.8 Å². The van der Waals surface area contributed by atoms with Gasteiger partial charge in [0.15, 0.2) is 0 Å². The average molecular weight is 481 g/mol. The number of rotatable bonds is 8. The maximum absolute atomic E-state index is 14.6. The van der Waals surface area contributed by atoms with Gasteiger partial charge in [0.25, 0.3) is 0 Å². The van der Waals surface area contributed by atoms with Crippen LogP contribution in [0.3, 0.4) is 0 Å². The van der Waals surface area contributed by atoms with Gasteiger partial charge in [-0.15, -0.1) is 0 Å². The number of amides is 1. The summed E-state index contributed by atoms with van der Waals surface area (Å²) in [7, 11) is 0. The lowest BCUT2D eigenvalue weighted by molar-refractivity contribution is -0.117. The minimum Gasteiger partial charge on any atom is -0.381 e. The second-order valence-electron chi connectivity index (χ2n) is 8.50. The van der Waals surface area contributed by atoms with Gasteiger partial charge in [-0.1, -0.05) is 6.07 Å². The Labute approximate surface area is 197 Å². The van der Waals surface area contributed by atoms with Crippen molar-refractivity contribution in [3.8, 4) is 5.69 Å². The first-order valence-electron chi connectivity index (χ1n) is 10.9. The zero-order valence-electron chi connectivity index (χ0n) is 18.4. The molecule has 0 aliphatic heterocycles. The lowest BCUT2D eigenvalue weighted by Gasteiger charge is -2.28. The minimum atomic E-state index is -1.99. The molecule has 1 aliphatic rings. The zero-order chi connectivity index (χ0) is 24.6. The highest BCUT2D eigenvalue weighted by atomic mass is 19.1. The van der Waals surface area contributed by atoms with Crippen molar-refractivity contribution in [2.45, 2.75) is 31.5 Å². The molecule has 1 amide bonds. The van der Waals surface area contributed by atoms with E-state index in [4.69, 9.17) is 0 Å². The summed E-state index contributed by atoms with van der Waals surface area (Å²) >= 11 is 0. The number of carbonyl (C=O) groups excluding carboxylic acids is 1. The van der Waals surface area contributed by atoms with Gasteiger partial charge in [-0.3, -0.25) is 4.79 Å². The predicted molar refractivity (Wildman–Crippen MR) is 119 cm³/mol. The largest absolute Gasteiger partial charge is 0.381 e. The molecule has 12 heteroatoms. The summed E-state index contributed by atoms with van der Waals surface area (Å²) in [6, 6.07) is 9.46. The number of hydrogen-bond acceptors (Lipinski definition) is 6. The van der Waals surface area contributed by atoms with Crippen LogP contribution in [0.2, 0.25) is 0 Å². The molecular weight excluding hydrogens is 460 g/mol. The second-order valence-corrected chi connectivity index (χ2v) is 8.50. The first kappa shape index (κ1) is 22.6. The summed E-state index contributed by atoms with van der Waals surface area (Å²) in [6.45, 7) is -0.693. The molecule has 35 heavy (non-hydrogen) atoms. The molecule has 0 bridgehead atoms. The summed E-state index contributed by atoms with van der Waals surface area (Å²) in [5.41, 5.74) is -1.70. The Morgan fingerprint density at radius 3 is 2.51 bits per heavy atom. The molecule has 2 aromatic heterocycles. The highest BCUT2D eigenvalue weighted by molar-refractivity contribution is 5.94. The van der Waals surface area contributed by atoms with Gasteiger partial charge >= 0.3 is 5.69 Å². The standard InChI is InChI=1S/C23H21F2N7O3/c24-16-3-8-19(20(25)9-16)23(35,10-30-13-26-12-27-30)11-32-22(34)31(14-28-32)18-6-4-17(5-7-18)29-21(33)15-1-2-15/h3-9,12-15,35H,1-2,10-11H2,(H,29,33). The van der Waals surface area contributed by atoms with Gasteiger partial charge in [-0.2, -0.15) is 10.2 Å². The smallest absolute Gasteiger partial charge is 0.350 e. The number of halogens is 2. The van der Waals surface area contributed by atoms with Crippen LogP contribution in [0.25, 0.3) is 5.69 Å². The third-order valence-corrected chi connectivity index (χ3v) is 5.83. The maximum Gasteiger partial charge on any atom is 0.350 e. The Morgan fingerprint density at radius 2 is 1.86 bits per heavy atom. The van der Waals surface area contributed by atoms with E-state index in [0.717, 1.165) is 29.7 Å². The molecular formula is C23H21F2N7O3. The third kappa shape index (κ3) is 4.73. The highest BCUT2D eigenvalue weighted by Gasteiger charge is 2.35. The summed E-state index contributed by atoms with van der Waals surface area (Å²) in [5, 5.41) is 22.3. The first-order valence-corrected chi connectivity index (χ1v) is 10.9. The van der Waals surface area contributed by atoms with Crippen molar-refractivity contribution in [1.29, 1.82) is 0 Å². The second kappa shape index (κ2) is 8.87. The van der Waals surface area contributed by atoms with E-state index in [0.29, 0.717) is 17.4 Å². The van der Waals surface area contributed by atoms with Crippen LogP contribution in [0.15, 0.2) is 66.2 Å². The lowest BCUT2D eigenvalue weighted by atomic mass is 9.93. The molecule has 10 nitrogen and oxygen atoms in total. The van der Waals surface area contributed by atoms with Crippen LogP contribution in [-0.2, 0) is 23.5 Å². The van der Waals surface area contributed by atoms with Crippen LogP contribution in [0, 0.1) is 17.6 Å². The van der Waals surface area contributed by atoms with Crippen LogP contribution in [-0.4, -0.2) is 40.1 Å². The van der Waals surface area contributed by atoms with Gasteiger partial charge in [0.2, 0.25) is 5.91 Å². The fourth-order valence-corrected chi connectivity index (χ4v) is 3.84. The Hall–Kier alpha value is -4.19. The van der Waals surface area contributed by atoms with E-state index in [1.807, 2.05) is 0 Å². The average Bonchev–Trinajstić information content (AvgIpc) is 3.46. The SMILES string of the molecule is O=C(Nc1ccc(-n2cnn(CC(O)(Cn3cncn3)c3ccc(F)cc3F)c2=O)cc1)C1CC1. The third-order valence-electron chi connectivity index (χ3n) is 5.83. The molecule has 5 rings (SSSR count). The number of hydrogen-bond donors (Lipinski definition) is 2. The molecule has 180 valence electrons. The van der Waals surface area contributed by atoms with Gasteiger partial charge in [-0.05, 0) is 43.2 Å². The molecule has 1 unspecified atom stereocenters. The minimum absolute atomic E-state index is 0.0255. The van der Waals surface area contributed by atoms with Crippen molar-refractivity contribution in [3.05, 3.63) is 89.1 Å². The van der Waals surface area contributed by atoms with Crippen molar-refractivity contribution in [1.82, 2.24) is 29.1 Å². The van der Waals surface area contributed by atoms with Crippen molar-refractivity contribution in [2.24, 2.45) is 5.92 Å². The van der Waals surface area contributed by atoms with E-state index in [2.05, 4.69) is 20.5 Å². The molecule has 0 saturated heterocycles. The summed E-state index contributed by atoms with van der Waals surface area (Å²) in [5.74, 6) is -1.73. The van der Waals surface area contributed by atoms with Crippen LogP contribution in [0.5, 0.6) is 0 Å². The maximum atomic E-state index is 14.6. The normalized spacial score (nSPS) is 15.1. The molecule has 4 aromatic rings. The molecule has 1 aliphatic carbocycles. The van der Waals surface area contributed by atoms with Crippen LogP contribution < -0.4 is 11.0 Å². The van der Waals surface area contributed by atoms with E-state index in [-0.39, 0.29) is 23.9 Å². The Morgan fingerprint density at radius 1 is 1.09 bits per heavy atom. The van der Waals surface area contributed by atoms with Gasteiger partial charge in [0.1, 0.15) is 36.2 Å². The number of benzene rings is 2. The van der Waals surface area contributed by atoms with Crippen molar-refractivity contribution in [3.63, 3.8) is 0 Å². The molecule has 1 fully saturated rings. The summed E-state index contributed by atoms with van der Waals surface area (Å²) in [6.07, 6.45) is 5.64. The number of nitrogens with zero attached hydrogens (tertiary/aromatic N) is 6. The predicted octanol–water partition coefficient (Wildman–Crippen LogP) is 1.84. The van der Waals surface area contributed by atoms with Crippen molar-refractivity contribution in [2.75, 3.05) is 5.32 Å². The van der Waals surface area contributed by atoms with E-state index in [1.165, 1.54) is 28.2 Å². The van der Waals surface area contributed by atoms with Crippen molar-refractivity contribution < 1.29 is 18.7 Å². The number of nitrogens with one attached hydrogen (secondary N) is 1. The van der Waals surface area contributed by atoms with Gasteiger partial charge in [-0.25, -0.2) is 32.5 Å². The fraction of sp³-hybridized carbons (Fsp3) is 0.261. The molecule has 0 radical (unpaired) electrons. The topological polar surface area (TPSA) is 120 Å². The van der Waals surface area contributed by atoms with E-state index in [1.54, 1.807) is 24.3 Å². The number of anilines is 1. The van der Waals surface area contributed by atoms with Crippen LogP contribution in [0.4, 0.5) is 14.5 Å². The lowest BCUT2D eigenvalue weighted by Crippen LogP contribution is -2.41. The quantitative estimate of drug-likeness (QED) is 0.396. The summed E-state index contributed by atoms with van der Waals surface area (Å²) in [4.78, 5) is 28.8. The fourth-order valence-electron chi connectivity index (χ4n) is 3.84. The molecule has 2 heterocycles. The Bertz CT molecular complexity index is 1410. The number of aliphatic hydroxyl groups is 1. The Kier molecular flexibility index (Phi) is 5.73. The van der Waals surface area contributed by atoms with E-state index in [9.17, 15) is 23.5 Å². The van der Waals surface area contributed by atoms with Gasteiger partial charge < -0.3 is 10.4 Å². The number of aromatic nitrogens is 6. The van der Waals surface area contributed by atoms with Crippen LogP contribution in [0.1, 0.15) is 18.4 Å². The highest BCUT2D eigenvalue weighted by Crippen LogP contribution is 2.30. The molecule has 2 aromatic carbocycles.